The number of carbonyl (C=O) groups excluding carboxylic acids is 1. The van der Waals surface area contributed by atoms with Crippen LogP contribution in [0.1, 0.15) is 16.8 Å². The maximum absolute atomic E-state index is 12.7. The zero-order chi connectivity index (χ0) is 9.84. The van der Waals surface area contributed by atoms with Crippen LogP contribution in [-0.4, -0.2) is 11.1 Å². The molecule has 0 radical (unpaired) electrons. The highest BCUT2D eigenvalue weighted by atomic mass is 79.9. The lowest BCUT2D eigenvalue weighted by Crippen LogP contribution is -2.01. The van der Waals surface area contributed by atoms with Gasteiger partial charge in [-0.05, 0) is 18.2 Å². The van der Waals surface area contributed by atoms with Gasteiger partial charge in [-0.1, -0.05) is 15.9 Å². The van der Waals surface area contributed by atoms with E-state index >= 15 is 0 Å². The topological polar surface area (TPSA) is 43.1 Å². The second kappa shape index (κ2) is 4.37. The molecule has 0 atom stereocenters. The molecule has 1 aromatic rings. The third-order valence-electron chi connectivity index (χ3n) is 1.64. The summed E-state index contributed by atoms with van der Waals surface area (Å²) in [5, 5.41) is 0.600. The van der Waals surface area contributed by atoms with E-state index in [-0.39, 0.29) is 11.5 Å². The third kappa shape index (κ3) is 2.52. The lowest BCUT2D eigenvalue weighted by Gasteiger charge is -2.00. The highest BCUT2D eigenvalue weighted by Crippen LogP contribution is 2.13. The predicted octanol–water partition coefficient (Wildman–Crippen LogP) is 2.38. The van der Waals surface area contributed by atoms with Crippen LogP contribution in [-0.2, 0) is 0 Å². The molecule has 4 heteroatoms. The van der Waals surface area contributed by atoms with Gasteiger partial charge in [-0.3, -0.25) is 4.79 Å². The minimum absolute atomic E-state index is 0.0143. The zero-order valence-corrected chi connectivity index (χ0v) is 8.47. The minimum atomic E-state index is -0.490. The maximum atomic E-state index is 12.7. The molecule has 0 aliphatic rings. The van der Waals surface area contributed by atoms with Crippen molar-refractivity contribution in [2.75, 3.05) is 11.1 Å². The van der Waals surface area contributed by atoms with E-state index in [9.17, 15) is 9.18 Å². The summed E-state index contributed by atoms with van der Waals surface area (Å²) in [6, 6.07) is 4.01. The summed E-state index contributed by atoms with van der Waals surface area (Å²) in [5.74, 6) is -0.529. The minimum Gasteiger partial charge on any atom is -0.396 e. The fraction of sp³-hybridized carbons (Fsp3) is 0.222. The Morgan fingerprint density at radius 1 is 1.54 bits per heavy atom. The summed E-state index contributed by atoms with van der Waals surface area (Å²) in [7, 11) is 0. The van der Waals surface area contributed by atoms with Crippen LogP contribution in [0.5, 0.6) is 0 Å². The third-order valence-corrected chi connectivity index (χ3v) is 2.04. The lowest BCUT2D eigenvalue weighted by atomic mass is 10.1. The van der Waals surface area contributed by atoms with Crippen molar-refractivity contribution in [2.24, 2.45) is 0 Å². The number of rotatable bonds is 3. The highest BCUT2D eigenvalue weighted by Gasteiger charge is 2.06. The number of anilines is 1. The van der Waals surface area contributed by atoms with E-state index < -0.39 is 5.82 Å². The molecule has 0 aliphatic heterocycles. The summed E-state index contributed by atoms with van der Waals surface area (Å²) in [5.41, 5.74) is 5.79. The average molecular weight is 246 g/mol. The molecule has 1 rings (SSSR count). The number of hydrogen-bond acceptors (Lipinski definition) is 2. The Balaban J connectivity index is 2.90. The monoisotopic (exact) mass is 245 g/mol. The summed E-state index contributed by atoms with van der Waals surface area (Å²) in [4.78, 5) is 11.3. The molecule has 1 aromatic carbocycles. The highest BCUT2D eigenvalue weighted by molar-refractivity contribution is 9.09. The number of Topliss-reactive ketones (excluding diaryl/α,β-unsaturated/α-hetero) is 1. The standard InChI is InChI=1S/C9H9BrFNO/c10-4-3-9(13)6-1-2-7(11)8(12)5-6/h1-2,5H,3-4,12H2. The van der Waals surface area contributed by atoms with Gasteiger partial charge in [-0.15, -0.1) is 0 Å². The molecule has 2 N–H and O–H groups in total. The van der Waals surface area contributed by atoms with Gasteiger partial charge in [0, 0.05) is 17.3 Å². The SMILES string of the molecule is Nc1cc(C(=O)CCBr)ccc1F. The Bertz CT molecular complexity index is 327. The predicted molar refractivity (Wildman–Crippen MR) is 53.6 cm³/mol. The summed E-state index contributed by atoms with van der Waals surface area (Å²) in [6.45, 7) is 0. The Hall–Kier alpha value is -0.900. The first-order chi connectivity index (χ1) is 6.15. The van der Waals surface area contributed by atoms with E-state index in [0.717, 1.165) is 0 Å². The van der Waals surface area contributed by atoms with Crippen LogP contribution in [0.15, 0.2) is 18.2 Å². The number of hydrogen-bond donors (Lipinski definition) is 1. The van der Waals surface area contributed by atoms with Crippen LogP contribution >= 0.6 is 15.9 Å². The van der Waals surface area contributed by atoms with Crippen molar-refractivity contribution in [1.29, 1.82) is 0 Å². The second-order valence-electron chi connectivity index (χ2n) is 2.60. The number of nitrogen functional groups attached to an aromatic ring is 1. The molecule has 0 heterocycles. The normalized spacial score (nSPS) is 10.0. The fourth-order valence-corrected chi connectivity index (χ4v) is 1.31. The average Bonchev–Trinajstić information content (AvgIpc) is 2.10. The van der Waals surface area contributed by atoms with Gasteiger partial charge in [0.1, 0.15) is 5.82 Å². The van der Waals surface area contributed by atoms with Crippen molar-refractivity contribution >= 4 is 27.4 Å². The number of alkyl halides is 1. The Labute approximate surface area is 84.1 Å². The molecule has 0 unspecified atom stereocenters. The fourth-order valence-electron chi connectivity index (χ4n) is 0.947. The van der Waals surface area contributed by atoms with Crippen LogP contribution in [0.4, 0.5) is 10.1 Å². The van der Waals surface area contributed by atoms with Gasteiger partial charge in [0.05, 0.1) is 5.69 Å². The molecule has 2 nitrogen and oxygen atoms in total. The molecule has 0 fully saturated rings. The molecule has 0 saturated carbocycles. The van der Waals surface area contributed by atoms with Crippen LogP contribution in [0.2, 0.25) is 0 Å². The number of benzene rings is 1. The zero-order valence-electron chi connectivity index (χ0n) is 6.89. The molecular formula is C9H9BrFNO. The van der Waals surface area contributed by atoms with Crippen LogP contribution < -0.4 is 5.73 Å². The second-order valence-corrected chi connectivity index (χ2v) is 3.39. The quantitative estimate of drug-likeness (QED) is 0.505. The molecule has 0 aliphatic carbocycles. The molecular weight excluding hydrogens is 237 g/mol. The van der Waals surface area contributed by atoms with Crippen molar-refractivity contribution in [3.05, 3.63) is 29.6 Å². The van der Waals surface area contributed by atoms with Gasteiger partial charge in [0.25, 0.3) is 0 Å². The van der Waals surface area contributed by atoms with Crippen molar-refractivity contribution in [1.82, 2.24) is 0 Å². The van der Waals surface area contributed by atoms with Gasteiger partial charge >= 0.3 is 0 Å². The first-order valence-electron chi connectivity index (χ1n) is 3.79. The Morgan fingerprint density at radius 3 is 2.77 bits per heavy atom. The molecule has 0 saturated heterocycles. The first-order valence-corrected chi connectivity index (χ1v) is 4.91. The van der Waals surface area contributed by atoms with Gasteiger partial charge < -0.3 is 5.73 Å². The number of ketones is 1. The first kappa shape index (κ1) is 10.2. The van der Waals surface area contributed by atoms with E-state index in [1.807, 2.05) is 0 Å². The molecule has 0 aromatic heterocycles. The van der Waals surface area contributed by atoms with Gasteiger partial charge in [-0.25, -0.2) is 4.39 Å². The Kier molecular flexibility index (Phi) is 3.42. The van der Waals surface area contributed by atoms with Crippen LogP contribution in [0, 0.1) is 5.82 Å². The molecule has 70 valence electrons. The number of halogens is 2. The van der Waals surface area contributed by atoms with E-state index in [1.165, 1.54) is 18.2 Å². The van der Waals surface area contributed by atoms with Crippen molar-refractivity contribution < 1.29 is 9.18 Å². The van der Waals surface area contributed by atoms with Crippen LogP contribution in [0.3, 0.4) is 0 Å². The molecule has 13 heavy (non-hydrogen) atoms. The number of nitrogens with two attached hydrogens (primary N) is 1. The molecule has 0 amide bonds. The summed E-state index contributed by atoms with van der Waals surface area (Å²) >= 11 is 3.15. The smallest absolute Gasteiger partial charge is 0.163 e. The van der Waals surface area contributed by atoms with E-state index in [4.69, 9.17) is 5.73 Å². The van der Waals surface area contributed by atoms with E-state index in [2.05, 4.69) is 15.9 Å². The lowest BCUT2D eigenvalue weighted by molar-refractivity contribution is 0.0990. The molecule has 0 spiro atoms. The van der Waals surface area contributed by atoms with Crippen molar-refractivity contribution in [3.63, 3.8) is 0 Å². The van der Waals surface area contributed by atoms with Gasteiger partial charge in [0.2, 0.25) is 0 Å². The van der Waals surface area contributed by atoms with Gasteiger partial charge in [-0.2, -0.15) is 0 Å². The summed E-state index contributed by atoms with van der Waals surface area (Å²) in [6.07, 6.45) is 0.394. The van der Waals surface area contributed by atoms with Crippen LogP contribution in [0.25, 0.3) is 0 Å². The van der Waals surface area contributed by atoms with Crippen molar-refractivity contribution in [3.8, 4) is 0 Å². The number of carbonyl (C=O) groups is 1. The largest absolute Gasteiger partial charge is 0.396 e. The van der Waals surface area contributed by atoms with Gasteiger partial charge in [0.15, 0.2) is 5.78 Å². The van der Waals surface area contributed by atoms with E-state index in [1.54, 1.807) is 0 Å². The van der Waals surface area contributed by atoms with E-state index in [0.29, 0.717) is 17.3 Å². The van der Waals surface area contributed by atoms with Crippen molar-refractivity contribution in [2.45, 2.75) is 6.42 Å². The molecule has 0 bridgehead atoms. The maximum Gasteiger partial charge on any atom is 0.163 e. The Morgan fingerprint density at radius 2 is 2.23 bits per heavy atom. The summed E-state index contributed by atoms with van der Waals surface area (Å²) < 4.78 is 12.7.